The van der Waals surface area contributed by atoms with Crippen LogP contribution in [0.1, 0.15) is 31.4 Å². The van der Waals surface area contributed by atoms with E-state index in [2.05, 4.69) is 41.4 Å². The Kier molecular flexibility index (Phi) is 7.00. The van der Waals surface area contributed by atoms with E-state index in [9.17, 15) is 0 Å². The molecule has 4 nitrogen and oxygen atoms in total. The number of para-hydroxylation sites is 1. The second-order valence-electron chi connectivity index (χ2n) is 5.40. The lowest BCUT2D eigenvalue weighted by atomic mass is 9.96. The van der Waals surface area contributed by atoms with Crippen LogP contribution in [-0.2, 0) is 9.47 Å². The summed E-state index contributed by atoms with van der Waals surface area (Å²) in [6.07, 6.45) is 2.13. The minimum atomic E-state index is 0.491. The third-order valence-corrected chi connectivity index (χ3v) is 3.93. The van der Waals surface area contributed by atoms with Crippen LogP contribution >= 0.6 is 0 Å². The average molecular weight is 292 g/mol. The zero-order chi connectivity index (χ0) is 14.9. The largest absolute Gasteiger partial charge is 0.385 e. The normalized spacial score (nSPS) is 17.8. The lowest BCUT2D eigenvalue weighted by molar-refractivity contribution is 0.106. The predicted octanol–water partition coefficient (Wildman–Crippen LogP) is 2.60. The number of ether oxygens (including phenoxy) is 2. The second-order valence-corrected chi connectivity index (χ2v) is 5.40. The van der Waals surface area contributed by atoms with Gasteiger partial charge in [0.2, 0.25) is 0 Å². The van der Waals surface area contributed by atoms with Gasteiger partial charge in [-0.25, -0.2) is 0 Å². The van der Waals surface area contributed by atoms with E-state index in [1.165, 1.54) is 11.3 Å². The number of nitrogens with zero attached hydrogens (tertiary/aromatic N) is 1. The second kappa shape index (κ2) is 9.03. The summed E-state index contributed by atoms with van der Waals surface area (Å²) in [5.74, 6) is 0. The summed E-state index contributed by atoms with van der Waals surface area (Å²) in [6, 6.07) is 9.22. The van der Waals surface area contributed by atoms with Crippen molar-refractivity contribution in [3.8, 4) is 0 Å². The highest BCUT2D eigenvalue weighted by atomic mass is 16.5. The van der Waals surface area contributed by atoms with Crippen molar-refractivity contribution >= 4 is 5.69 Å². The van der Waals surface area contributed by atoms with Gasteiger partial charge in [0, 0.05) is 45.1 Å². The highest BCUT2D eigenvalue weighted by Crippen LogP contribution is 2.33. The molecule has 0 fully saturated rings. The first kappa shape index (κ1) is 16.3. The van der Waals surface area contributed by atoms with Crippen LogP contribution in [-0.4, -0.2) is 46.6 Å². The fraction of sp³-hybridized carbons (Fsp3) is 0.647. The first-order valence-corrected chi connectivity index (χ1v) is 8.00. The van der Waals surface area contributed by atoms with E-state index < -0.39 is 0 Å². The molecule has 0 spiro atoms. The van der Waals surface area contributed by atoms with Crippen molar-refractivity contribution < 1.29 is 9.47 Å². The van der Waals surface area contributed by atoms with Gasteiger partial charge in [0.1, 0.15) is 0 Å². The number of hydrogen-bond donors (Lipinski definition) is 1. The Morgan fingerprint density at radius 3 is 2.90 bits per heavy atom. The Morgan fingerprint density at radius 1 is 1.24 bits per heavy atom. The molecular weight excluding hydrogens is 264 g/mol. The molecule has 1 aliphatic heterocycles. The average Bonchev–Trinajstić information content (AvgIpc) is 2.52. The van der Waals surface area contributed by atoms with Crippen molar-refractivity contribution in [3.63, 3.8) is 0 Å². The van der Waals surface area contributed by atoms with E-state index in [1.807, 2.05) is 0 Å². The van der Waals surface area contributed by atoms with Crippen molar-refractivity contribution in [2.24, 2.45) is 0 Å². The van der Waals surface area contributed by atoms with Crippen LogP contribution in [0.15, 0.2) is 24.3 Å². The Balaban J connectivity index is 1.85. The summed E-state index contributed by atoms with van der Waals surface area (Å²) in [7, 11) is 1.73. The minimum Gasteiger partial charge on any atom is -0.385 e. The molecule has 1 unspecified atom stereocenters. The number of hydrogen-bond acceptors (Lipinski definition) is 4. The summed E-state index contributed by atoms with van der Waals surface area (Å²) < 4.78 is 10.7. The lowest BCUT2D eigenvalue weighted by Gasteiger charge is -2.36. The Bertz CT molecular complexity index is 412. The molecule has 1 heterocycles. The third-order valence-electron chi connectivity index (χ3n) is 3.93. The molecule has 21 heavy (non-hydrogen) atoms. The molecule has 1 N–H and O–H groups in total. The number of fused-ring (bicyclic) bond motifs is 1. The van der Waals surface area contributed by atoms with Gasteiger partial charge in [0.05, 0.1) is 6.61 Å². The van der Waals surface area contributed by atoms with Gasteiger partial charge in [-0.15, -0.1) is 0 Å². The molecule has 0 aromatic heterocycles. The number of methoxy groups -OCH3 is 1. The quantitative estimate of drug-likeness (QED) is 0.709. The van der Waals surface area contributed by atoms with Crippen molar-refractivity contribution in [1.29, 1.82) is 0 Å². The SMILES string of the molecule is CCNC1CCN(CCOCCCOC)c2ccccc21. The van der Waals surface area contributed by atoms with Crippen molar-refractivity contribution in [2.45, 2.75) is 25.8 Å². The maximum absolute atomic E-state index is 5.69. The molecule has 0 radical (unpaired) electrons. The number of nitrogens with one attached hydrogen (secondary N) is 1. The van der Waals surface area contributed by atoms with Gasteiger partial charge in [0.25, 0.3) is 0 Å². The van der Waals surface area contributed by atoms with Gasteiger partial charge in [-0.05, 0) is 31.0 Å². The van der Waals surface area contributed by atoms with Crippen molar-refractivity contribution in [3.05, 3.63) is 29.8 Å². The molecule has 1 aromatic rings. The van der Waals surface area contributed by atoms with Crippen LogP contribution < -0.4 is 10.2 Å². The van der Waals surface area contributed by atoms with Crippen molar-refractivity contribution in [2.75, 3.05) is 51.5 Å². The molecule has 0 saturated heterocycles. The predicted molar refractivity (Wildman–Crippen MR) is 87.0 cm³/mol. The maximum atomic E-state index is 5.69. The summed E-state index contributed by atoms with van der Waals surface area (Å²) in [5.41, 5.74) is 2.78. The van der Waals surface area contributed by atoms with Crippen LogP contribution in [0.4, 0.5) is 5.69 Å². The van der Waals surface area contributed by atoms with Gasteiger partial charge in [0.15, 0.2) is 0 Å². The fourth-order valence-electron chi connectivity index (χ4n) is 2.90. The molecule has 2 rings (SSSR count). The summed E-state index contributed by atoms with van der Waals surface area (Å²) in [6.45, 7) is 7.58. The first-order valence-electron chi connectivity index (χ1n) is 8.00. The Hall–Kier alpha value is -1.10. The van der Waals surface area contributed by atoms with Gasteiger partial charge in [-0.1, -0.05) is 25.1 Å². The summed E-state index contributed by atoms with van der Waals surface area (Å²) in [4.78, 5) is 2.44. The summed E-state index contributed by atoms with van der Waals surface area (Å²) >= 11 is 0. The van der Waals surface area contributed by atoms with Gasteiger partial charge in [-0.2, -0.15) is 0 Å². The first-order chi connectivity index (χ1) is 10.4. The van der Waals surface area contributed by atoms with Gasteiger partial charge >= 0.3 is 0 Å². The molecule has 4 heteroatoms. The maximum Gasteiger partial charge on any atom is 0.0641 e. The van der Waals surface area contributed by atoms with E-state index in [-0.39, 0.29) is 0 Å². The van der Waals surface area contributed by atoms with Crippen LogP contribution in [0, 0.1) is 0 Å². The minimum absolute atomic E-state index is 0.491. The van der Waals surface area contributed by atoms with E-state index in [0.29, 0.717) is 6.04 Å². The van der Waals surface area contributed by atoms with E-state index in [4.69, 9.17) is 9.47 Å². The lowest BCUT2D eigenvalue weighted by Crippen LogP contribution is -2.37. The number of benzene rings is 1. The van der Waals surface area contributed by atoms with E-state index >= 15 is 0 Å². The highest BCUT2D eigenvalue weighted by Gasteiger charge is 2.23. The zero-order valence-corrected chi connectivity index (χ0v) is 13.3. The number of rotatable bonds is 9. The van der Waals surface area contributed by atoms with Crippen LogP contribution in [0.5, 0.6) is 0 Å². The van der Waals surface area contributed by atoms with E-state index in [0.717, 1.165) is 52.3 Å². The molecule has 0 saturated carbocycles. The molecule has 118 valence electrons. The standard InChI is InChI=1S/C17H28N2O2/c1-3-18-16-9-10-19(11-14-21-13-6-12-20-2)17-8-5-4-7-15(16)17/h4-5,7-8,16,18H,3,6,9-14H2,1-2H3. The smallest absolute Gasteiger partial charge is 0.0641 e. The number of anilines is 1. The van der Waals surface area contributed by atoms with Crippen LogP contribution in [0.2, 0.25) is 0 Å². The Morgan fingerprint density at radius 2 is 2.10 bits per heavy atom. The molecule has 1 atom stereocenters. The highest BCUT2D eigenvalue weighted by molar-refractivity contribution is 5.56. The zero-order valence-electron chi connectivity index (χ0n) is 13.3. The van der Waals surface area contributed by atoms with Crippen LogP contribution in [0.25, 0.3) is 0 Å². The molecule has 1 aromatic carbocycles. The fourth-order valence-corrected chi connectivity index (χ4v) is 2.90. The summed E-state index contributed by atoms with van der Waals surface area (Å²) in [5, 5.41) is 3.58. The topological polar surface area (TPSA) is 33.7 Å². The van der Waals surface area contributed by atoms with E-state index in [1.54, 1.807) is 7.11 Å². The van der Waals surface area contributed by atoms with Crippen molar-refractivity contribution in [1.82, 2.24) is 5.32 Å². The third kappa shape index (κ3) is 4.70. The molecule has 0 bridgehead atoms. The molecular formula is C17H28N2O2. The Labute approximate surface area is 128 Å². The monoisotopic (exact) mass is 292 g/mol. The molecule has 0 aliphatic carbocycles. The molecule has 0 amide bonds. The van der Waals surface area contributed by atoms with Crippen LogP contribution in [0.3, 0.4) is 0 Å². The molecule has 1 aliphatic rings. The van der Waals surface area contributed by atoms with Gasteiger partial charge in [-0.3, -0.25) is 0 Å². The van der Waals surface area contributed by atoms with Gasteiger partial charge < -0.3 is 19.7 Å².